The topological polar surface area (TPSA) is 26.3 Å². The molecule has 0 unspecified atom stereocenters. The quantitative estimate of drug-likeness (QED) is 0.537. The van der Waals surface area contributed by atoms with E-state index in [0.29, 0.717) is 21.1 Å². The number of halogens is 2. The number of carbonyl (C=O) groups excluding carboxylic acids is 1. The predicted octanol–water partition coefficient (Wildman–Crippen LogP) is 2.10. The Morgan fingerprint density at radius 2 is 2.20 bits per heavy atom. The Kier molecular flexibility index (Phi) is 2.31. The van der Waals surface area contributed by atoms with E-state index >= 15 is 0 Å². The Balaban J connectivity index is 3.01. The van der Waals surface area contributed by atoms with Crippen molar-refractivity contribution in [2.45, 2.75) is 0 Å². The van der Waals surface area contributed by atoms with Gasteiger partial charge < -0.3 is 4.74 Å². The molecule has 0 spiro atoms. The van der Waals surface area contributed by atoms with E-state index in [4.69, 9.17) is 4.74 Å². The molecule has 0 amide bonds. The van der Waals surface area contributed by atoms with Crippen molar-refractivity contribution in [3.05, 3.63) is 22.4 Å². The molecule has 1 rings (SSSR count). The van der Waals surface area contributed by atoms with Crippen molar-refractivity contribution in [3.8, 4) is 0 Å². The monoisotopic (exact) mass is 266 g/mol. The SMILES string of the molecule is C=C1OC(=O)C(CBr)=C1Br. The standard InChI is InChI=1S/C6H4Br2O2/c1-3-5(8)4(2-7)6(9)10-3/h1-2H2. The maximum absolute atomic E-state index is 10.8. The average molecular weight is 268 g/mol. The van der Waals surface area contributed by atoms with Gasteiger partial charge in [0.25, 0.3) is 0 Å². The fraction of sp³-hybridized carbons (Fsp3) is 0.167. The molecule has 0 saturated heterocycles. The molecule has 54 valence electrons. The number of carbonyl (C=O) groups is 1. The fourth-order valence-electron chi connectivity index (χ4n) is 0.589. The smallest absolute Gasteiger partial charge is 0.341 e. The summed E-state index contributed by atoms with van der Waals surface area (Å²) in [6, 6.07) is 0. The van der Waals surface area contributed by atoms with Crippen LogP contribution in [0.25, 0.3) is 0 Å². The van der Waals surface area contributed by atoms with Crippen LogP contribution in [0.3, 0.4) is 0 Å². The Morgan fingerprint density at radius 3 is 2.40 bits per heavy atom. The number of hydrogen-bond donors (Lipinski definition) is 0. The maximum atomic E-state index is 10.8. The molecule has 0 radical (unpaired) electrons. The van der Waals surface area contributed by atoms with Crippen LogP contribution >= 0.6 is 31.9 Å². The van der Waals surface area contributed by atoms with E-state index in [1.165, 1.54) is 0 Å². The minimum absolute atomic E-state index is 0.325. The number of cyclic esters (lactones) is 1. The number of rotatable bonds is 1. The molecule has 4 heteroatoms. The van der Waals surface area contributed by atoms with Crippen LogP contribution in [0, 0.1) is 0 Å². The van der Waals surface area contributed by atoms with Gasteiger partial charge in [0.15, 0.2) is 0 Å². The van der Waals surface area contributed by atoms with Crippen LogP contribution in [-0.2, 0) is 9.53 Å². The highest BCUT2D eigenvalue weighted by Crippen LogP contribution is 2.30. The van der Waals surface area contributed by atoms with Crippen LogP contribution in [0.15, 0.2) is 22.4 Å². The normalized spacial score (nSPS) is 18.2. The van der Waals surface area contributed by atoms with Crippen LogP contribution in [-0.4, -0.2) is 11.3 Å². The summed E-state index contributed by atoms with van der Waals surface area (Å²) in [7, 11) is 0. The van der Waals surface area contributed by atoms with Crippen LogP contribution in [0.1, 0.15) is 0 Å². The molecule has 0 saturated carbocycles. The van der Waals surface area contributed by atoms with Gasteiger partial charge in [-0.1, -0.05) is 22.5 Å². The van der Waals surface area contributed by atoms with Gasteiger partial charge in [0.1, 0.15) is 5.76 Å². The molecule has 0 fully saturated rings. The minimum Gasteiger partial charge on any atom is -0.423 e. The van der Waals surface area contributed by atoms with Gasteiger partial charge in [0.2, 0.25) is 0 Å². The highest BCUT2D eigenvalue weighted by atomic mass is 79.9. The Morgan fingerprint density at radius 1 is 1.60 bits per heavy atom. The summed E-state index contributed by atoms with van der Waals surface area (Å²) >= 11 is 6.33. The Hall–Kier alpha value is -0.0900. The molecule has 0 aromatic carbocycles. The number of hydrogen-bond acceptors (Lipinski definition) is 2. The third kappa shape index (κ3) is 1.18. The van der Waals surface area contributed by atoms with E-state index in [1.807, 2.05) is 0 Å². The molecule has 0 aromatic heterocycles. The van der Waals surface area contributed by atoms with E-state index in [2.05, 4.69) is 38.4 Å². The second-order valence-corrected chi connectivity index (χ2v) is 3.09. The van der Waals surface area contributed by atoms with E-state index < -0.39 is 0 Å². The molecule has 0 atom stereocenters. The van der Waals surface area contributed by atoms with Crippen molar-refractivity contribution in [1.82, 2.24) is 0 Å². The summed E-state index contributed by atoms with van der Waals surface area (Å²) in [6.45, 7) is 3.52. The molecule has 1 aliphatic rings. The first-order valence-corrected chi connectivity index (χ1v) is 4.44. The fourth-order valence-corrected chi connectivity index (χ4v) is 1.86. The first-order valence-electron chi connectivity index (χ1n) is 2.53. The number of alkyl halides is 1. The van der Waals surface area contributed by atoms with Gasteiger partial charge in [-0.3, -0.25) is 0 Å². The predicted molar refractivity (Wildman–Crippen MR) is 45.0 cm³/mol. The molecule has 1 heterocycles. The van der Waals surface area contributed by atoms with Crippen molar-refractivity contribution in [2.24, 2.45) is 0 Å². The first kappa shape index (κ1) is 8.01. The third-order valence-electron chi connectivity index (χ3n) is 1.11. The molecule has 0 bridgehead atoms. The molecule has 0 aliphatic carbocycles. The van der Waals surface area contributed by atoms with E-state index in [1.54, 1.807) is 0 Å². The van der Waals surface area contributed by atoms with Crippen molar-refractivity contribution in [3.63, 3.8) is 0 Å². The molecule has 10 heavy (non-hydrogen) atoms. The lowest BCUT2D eigenvalue weighted by Gasteiger charge is -1.90. The molecular formula is C6H4Br2O2. The lowest BCUT2D eigenvalue weighted by Crippen LogP contribution is -1.98. The van der Waals surface area contributed by atoms with Crippen molar-refractivity contribution in [1.29, 1.82) is 0 Å². The zero-order valence-electron chi connectivity index (χ0n) is 4.99. The van der Waals surface area contributed by atoms with E-state index in [0.717, 1.165) is 0 Å². The number of esters is 1. The van der Waals surface area contributed by atoms with Crippen LogP contribution in [0.2, 0.25) is 0 Å². The van der Waals surface area contributed by atoms with Gasteiger partial charge in [-0.2, -0.15) is 0 Å². The lowest BCUT2D eigenvalue weighted by molar-refractivity contribution is -0.133. The summed E-state index contributed by atoms with van der Waals surface area (Å²) in [6.07, 6.45) is 0. The van der Waals surface area contributed by atoms with E-state index in [9.17, 15) is 4.79 Å². The Bertz CT molecular complexity index is 230. The Labute approximate surface area is 75.2 Å². The van der Waals surface area contributed by atoms with Crippen LogP contribution < -0.4 is 0 Å². The molecule has 1 aliphatic heterocycles. The number of ether oxygens (including phenoxy) is 1. The number of allylic oxidation sites excluding steroid dienone is 1. The zero-order chi connectivity index (χ0) is 7.72. The molecule has 0 N–H and O–H groups in total. The zero-order valence-corrected chi connectivity index (χ0v) is 8.16. The molecular weight excluding hydrogens is 264 g/mol. The van der Waals surface area contributed by atoms with Gasteiger partial charge in [-0.15, -0.1) is 0 Å². The van der Waals surface area contributed by atoms with Gasteiger partial charge in [-0.25, -0.2) is 4.79 Å². The van der Waals surface area contributed by atoms with Crippen LogP contribution in [0.4, 0.5) is 0 Å². The third-order valence-corrected chi connectivity index (χ3v) is 2.59. The van der Waals surface area contributed by atoms with Crippen LogP contribution in [0.5, 0.6) is 0 Å². The van der Waals surface area contributed by atoms with Crippen molar-refractivity contribution in [2.75, 3.05) is 5.33 Å². The second-order valence-electron chi connectivity index (χ2n) is 1.74. The van der Waals surface area contributed by atoms with Gasteiger partial charge in [0, 0.05) is 5.33 Å². The first-order chi connectivity index (χ1) is 4.66. The van der Waals surface area contributed by atoms with Crippen molar-refractivity contribution < 1.29 is 9.53 Å². The van der Waals surface area contributed by atoms with Crippen molar-refractivity contribution >= 4 is 37.8 Å². The molecule has 2 nitrogen and oxygen atoms in total. The minimum atomic E-state index is -0.325. The largest absolute Gasteiger partial charge is 0.423 e. The highest BCUT2D eigenvalue weighted by molar-refractivity contribution is 9.12. The summed E-state index contributed by atoms with van der Waals surface area (Å²) in [5.41, 5.74) is 0.588. The van der Waals surface area contributed by atoms with Gasteiger partial charge >= 0.3 is 5.97 Å². The van der Waals surface area contributed by atoms with E-state index in [-0.39, 0.29) is 5.97 Å². The summed E-state index contributed by atoms with van der Waals surface area (Å²) in [5.74, 6) is 0.0631. The molecule has 0 aromatic rings. The average Bonchev–Trinajstić information content (AvgIpc) is 2.09. The second kappa shape index (κ2) is 2.88. The highest BCUT2D eigenvalue weighted by Gasteiger charge is 2.25. The summed E-state index contributed by atoms with van der Waals surface area (Å²) in [4.78, 5) is 10.8. The lowest BCUT2D eigenvalue weighted by atomic mass is 10.3. The summed E-state index contributed by atoms with van der Waals surface area (Å²) < 4.78 is 5.35. The summed E-state index contributed by atoms with van der Waals surface area (Å²) in [5, 5.41) is 0.492. The maximum Gasteiger partial charge on any atom is 0.341 e. The van der Waals surface area contributed by atoms with Gasteiger partial charge in [-0.05, 0) is 15.9 Å². The van der Waals surface area contributed by atoms with Gasteiger partial charge in [0.05, 0.1) is 10.1 Å².